The molecule has 0 aliphatic carbocycles. The Labute approximate surface area is 176 Å². The first-order chi connectivity index (χ1) is 13.5. The Morgan fingerprint density at radius 3 is 2.64 bits per heavy atom. The Bertz CT molecular complexity index is 1090. The summed E-state index contributed by atoms with van der Waals surface area (Å²) in [5.74, 6) is 1.79. The molecule has 1 aliphatic rings. The van der Waals surface area contributed by atoms with E-state index in [1.54, 1.807) is 43.5 Å². The van der Waals surface area contributed by atoms with Crippen molar-refractivity contribution in [3.63, 3.8) is 0 Å². The first-order valence-corrected chi connectivity index (χ1v) is 9.93. The molecule has 0 bridgehead atoms. The van der Waals surface area contributed by atoms with E-state index in [-0.39, 0.29) is 5.91 Å². The van der Waals surface area contributed by atoms with Crippen LogP contribution in [0.1, 0.15) is 5.76 Å². The Balaban J connectivity index is 1.59. The van der Waals surface area contributed by atoms with Crippen molar-refractivity contribution in [2.75, 3.05) is 12.0 Å². The standard InChI is InChI=1S/C21H14ClNO3S2/c1-25-16-7-5-15(6-8-16)23-20(24)19(28-21(23)27)12-17-9-10-18(26-17)13-3-2-4-14(22)11-13/h2-12H,1H3/b19-12-. The number of hydrogen-bond donors (Lipinski definition) is 0. The minimum atomic E-state index is -0.180. The smallest absolute Gasteiger partial charge is 0.270 e. The predicted molar refractivity (Wildman–Crippen MR) is 118 cm³/mol. The van der Waals surface area contributed by atoms with Gasteiger partial charge in [0, 0.05) is 16.7 Å². The number of benzene rings is 2. The molecule has 0 saturated carbocycles. The molecule has 0 atom stereocenters. The van der Waals surface area contributed by atoms with E-state index in [1.165, 1.54) is 16.7 Å². The number of furan rings is 1. The van der Waals surface area contributed by atoms with Crippen molar-refractivity contribution in [2.45, 2.75) is 0 Å². The highest BCUT2D eigenvalue weighted by molar-refractivity contribution is 8.27. The lowest BCUT2D eigenvalue weighted by Gasteiger charge is -2.14. The lowest BCUT2D eigenvalue weighted by molar-refractivity contribution is -0.113. The van der Waals surface area contributed by atoms with Gasteiger partial charge in [0.15, 0.2) is 4.32 Å². The van der Waals surface area contributed by atoms with E-state index < -0.39 is 0 Å². The van der Waals surface area contributed by atoms with Crippen LogP contribution in [0.25, 0.3) is 17.4 Å². The van der Waals surface area contributed by atoms with Crippen LogP contribution in [0.3, 0.4) is 0 Å². The molecule has 28 heavy (non-hydrogen) atoms. The largest absolute Gasteiger partial charge is 0.497 e. The maximum Gasteiger partial charge on any atom is 0.270 e. The highest BCUT2D eigenvalue weighted by Crippen LogP contribution is 2.37. The molecule has 1 aromatic heterocycles. The van der Waals surface area contributed by atoms with Crippen LogP contribution < -0.4 is 9.64 Å². The van der Waals surface area contributed by atoms with Crippen molar-refractivity contribution in [1.82, 2.24) is 0 Å². The fourth-order valence-electron chi connectivity index (χ4n) is 2.78. The number of hydrogen-bond acceptors (Lipinski definition) is 5. The number of thiocarbonyl (C=S) groups is 1. The molecular formula is C21H14ClNO3S2. The van der Waals surface area contributed by atoms with Crippen LogP contribution in [0, 0.1) is 0 Å². The molecule has 2 heterocycles. The topological polar surface area (TPSA) is 42.7 Å². The maximum atomic E-state index is 12.9. The van der Waals surface area contributed by atoms with Gasteiger partial charge in [0.05, 0.1) is 17.7 Å². The van der Waals surface area contributed by atoms with Gasteiger partial charge >= 0.3 is 0 Å². The molecule has 4 rings (SSSR count). The lowest BCUT2D eigenvalue weighted by atomic mass is 10.2. The van der Waals surface area contributed by atoms with E-state index in [0.717, 1.165) is 5.56 Å². The molecule has 0 radical (unpaired) electrons. The SMILES string of the molecule is COc1ccc(N2C(=O)/C(=C/c3ccc(-c4cccc(Cl)c4)o3)SC2=S)cc1. The third-order valence-corrected chi connectivity index (χ3v) is 5.67. The number of amides is 1. The van der Waals surface area contributed by atoms with Crippen molar-refractivity contribution in [1.29, 1.82) is 0 Å². The summed E-state index contributed by atoms with van der Waals surface area (Å²) in [5.41, 5.74) is 1.57. The van der Waals surface area contributed by atoms with Crippen molar-refractivity contribution in [2.24, 2.45) is 0 Å². The van der Waals surface area contributed by atoms with Gasteiger partial charge in [-0.05, 0) is 48.5 Å². The summed E-state index contributed by atoms with van der Waals surface area (Å²) in [7, 11) is 1.60. The average Bonchev–Trinajstić information content (AvgIpc) is 3.27. The van der Waals surface area contributed by atoms with Gasteiger partial charge in [-0.2, -0.15) is 0 Å². The lowest BCUT2D eigenvalue weighted by Crippen LogP contribution is -2.27. The zero-order valence-electron chi connectivity index (χ0n) is 14.7. The Morgan fingerprint density at radius 1 is 1.14 bits per heavy atom. The number of rotatable bonds is 4. The van der Waals surface area contributed by atoms with Gasteiger partial charge in [-0.15, -0.1) is 0 Å². The molecule has 0 N–H and O–H groups in total. The van der Waals surface area contributed by atoms with Crippen LogP contribution in [0.2, 0.25) is 5.02 Å². The van der Waals surface area contributed by atoms with Crippen LogP contribution in [0.15, 0.2) is 70.0 Å². The van der Waals surface area contributed by atoms with Crippen molar-refractivity contribution in [3.05, 3.63) is 76.4 Å². The molecule has 1 amide bonds. The molecule has 1 saturated heterocycles. The van der Waals surface area contributed by atoms with Crippen molar-refractivity contribution < 1.29 is 13.9 Å². The number of nitrogens with zero attached hydrogens (tertiary/aromatic N) is 1. The second-order valence-electron chi connectivity index (χ2n) is 5.93. The van der Waals surface area contributed by atoms with Crippen molar-refractivity contribution in [3.8, 4) is 17.1 Å². The van der Waals surface area contributed by atoms with Gasteiger partial charge in [-0.25, -0.2) is 0 Å². The van der Waals surface area contributed by atoms with Gasteiger partial charge in [-0.3, -0.25) is 9.69 Å². The van der Waals surface area contributed by atoms with Gasteiger partial charge in [0.1, 0.15) is 17.3 Å². The van der Waals surface area contributed by atoms with Gasteiger partial charge in [0.2, 0.25) is 0 Å². The van der Waals surface area contributed by atoms with E-state index in [0.29, 0.717) is 37.2 Å². The van der Waals surface area contributed by atoms with E-state index in [9.17, 15) is 4.79 Å². The summed E-state index contributed by atoms with van der Waals surface area (Å²) < 4.78 is 11.5. The maximum absolute atomic E-state index is 12.9. The first-order valence-electron chi connectivity index (χ1n) is 8.33. The van der Waals surface area contributed by atoms with E-state index >= 15 is 0 Å². The van der Waals surface area contributed by atoms with E-state index in [4.69, 9.17) is 33.0 Å². The minimum Gasteiger partial charge on any atom is -0.497 e. The van der Waals surface area contributed by atoms with Crippen LogP contribution >= 0.6 is 35.6 Å². The summed E-state index contributed by atoms with van der Waals surface area (Å²) >= 11 is 12.7. The summed E-state index contributed by atoms with van der Waals surface area (Å²) in [4.78, 5) is 14.9. The molecule has 3 aromatic rings. The number of thioether (sulfide) groups is 1. The molecule has 0 spiro atoms. The first kappa shape index (κ1) is 18.8. The normalized spacial score (nSPS) is 15.5. The van der Waals surface area contributed by atoms with E-state index in [1.807, 2.05) is 30.3 Å². The highest BCUT2D eigenvalue weighted by Gasteiger charge is 2.33. The molecule has 2 aromatic carbocycles. The number of methoxy groups -OCH3 is 1. The number of anilines is 1. The number of halogens is 1. The number of carbonyl (C=O) groups is 1. The molecule has 4 nitrogen and oxygen atoms in total. The zero-order chi connectivity index (χ0) is 19.7. The summed E-state index contributed by atoms with van der Waals surface area (Å²) in [6.07, 6.45) is 1.71. The third kappa shape index (κ3) is 3.71. The van der Waals surface area contributed by atoms with Crippen molar-refractivity contribution >= 4 is 57.6 Å². The third-order valence-electron chi connectivity index (χ3n) is 4.13. The Hall–Kier alpha value is -2.54. The minimum absolute atomic E-state index is 0.180. The molecule has 1 fully saturated rings. The second kappa shape index (κ2) is 7.83. The Kier molecular flexibility index (Phi) is 5.26. The Morgan fingerprint density at radius 2 is 1.93 bits per heavy atom. The number of carbonyl (C=O) groups excluding carboxylic acids is 1. The second-order valence-corrected chi connectivity index (χ2v) is 8.04. The fourth-order valence-corrected chi connectivity index (χ4v) is 4.25. The molecule has 140 valence electrons. The molecule has 7 heteroatoms. The fraction of sp³-hybridized carbons (Fsp3) is 0.0476. The van der Waals surface area contributed by atoms with E-state index in [2.05, 4.69) is 0 Å². The van der Waals surface area contributed by atoms with Gasteiger partial charge < -0.3 is 9.15 Å². The van der Waals surface area contributed by atoms with Crippen LogP contribution in [-0.2, 0) is 4.79 Å². The summed E-state index contributed by atoms with van der Waals surface area (Å²) in [6.45, 7) is 0. The molecule has 0 unspecified atom stereocenters. The quantitative estimate of drug-likeness (QED) is 0.376. The number of ether oxygens (including phenoxy) is 1. The average molecular weight is 428 g/mol. The monoisotopic (exact) mass is 427 g/mol. The summed E-state index contributed by atoms with van der Waals surface area (Å²) in [5, 5.41) is 0.635. The predicted octanol–water partition coefficient (Wildman–Crippen LogP) is 6.01. The molecular weight excluding hydrogens is 414 g/mol. The zero-order valence-corrected chi connectivity index (χ0v) is 17.1. The van der Waals surface area contributed by atoms with Crippen LogP contribution in [0.4, 0.5) is 5.69 Å². The highest BCUT2D eigenvalue weighted by atomic mass is 35.5. The summed E-state index contributed by atoms with van der Waals surface area (Å²) in [6, 6.07) is 18.3. The van der Waals surface area contributed by atoms with Crippen LogP contribution in [-0.4, -0.2) is 17.3 Å². The van der Waals surface area contributed by atoms with Crippen LogP contribution in [0.5, 0.6) is 5.75 Å². The molecule has 1 aliphatic heterocycles. The van der Waals surface area contributed by atoms with Gasteiger partial charge in [0.25, 0.3) is 5.91 Å². The van der Waals surface area contributed by atoms with Gasteiger partial charge in [-0.1, -0.05) is 47.7 Å².